The van der Waals surface area contributed by atoms with Crippen molar-refractivity contribution in [2.75, 3.05) is 32.1 Å². The summed E-state index contributed by atoms with van der Waals surface area (Å²) >= 11 is 0. The van der Waals surface area contributed by atoms with Crippen LogP contribution < -0.4 is 10.2 Å². The van der Waals surface area contributed by atoms with Crippen LogP contribution in [0.3, 0.4) is 0 Å². The van der Waals surface area contributed by atoms with Gasteiger partial charge in [-0.3, -0.25) is 0 Å². The number of nitrogens with one attached hydrogen (secondary N) is 1. The zero-order chi connectivity index (χ0) is 12.6. The van der Waals surface area contributed by atoms with E-state index in [0.717, 1.165) is 5.92 Å². The van der Waals surface area contributed by atoms with E-state index in [-0.39, 0.29) is 0 Å². The van der Waals surface area contributed by atoms with Crippen molar-refractivity contribution < 1.29 is 0 Å². The minimum absolute atomic E-state index is 0.681. The van der Waals surface area contributed by atoms with Crippen LogP contribution in [0, 0.1) is 5.41 Å². The van der Waals surface area contributed by atoms with E-state index in [1.54, 1.807) is 5.56 Å². The van der Waals surface area contributed by atoms with Gasteiger partial charge in [-0.05, 0) is 54.7 Å². The Morgan fingerprint density at radius 2 is 1.67 bits per heavy atom. The van der Waals surface area contributed by atoms with Crippen molar-refractivity contribution in [1.29, 1.82) is 0 Å². The molecule has 1 saturated heterocycles. The maximum atomic E-state index is 3.44. The molecule has 1 spiro atoms. The molecule has 1 heterocycles. The van der Waals surface area contributed by atoms with E-state index >= 15 is 0 Å². The number of anilines is 1. The Morgan fingerprint density at radius 3 is 2.11 bits per heavy atom. The van der Waals surface area contributed by atoms with E-state index < -0.39 is 0 Å². The van der Waals surface area contributed by atoms with Crippen molar-refractivity contribution in [1.82, 2.24) is 5.32 Å². The standard InChI is InChI=1S/C16H24N2/c1-18(2)15-5-3-13(4-6-15)14-7-9-16(10-8-14)11-17-12-16/h3-6,14,17H,7-12H2,1-2H3. The highest BCUT2D eigenvalue weighted by atomic mass is 15.1. The molecule has 1 aromatic carbocycles. The number of rotatable bonds is 2. The smallest absolute Gasteiger partial charge is 0.0361 e. The predicted octanol–water partition coefficient (Wildman–Crippen LogP) is 3.00. The van der Waals surface area contributed by atoms with Gasteiger partial charge in [-0.1, -0.05) is 12.1 Å². The maximum absolute atomic E-state index is 3.44. The summed E-state index contributed by atoms with van der Waals surface area (Å²) in [6.45, 7) is 2.53. The Labute approximate surface area is 110 Å². The lowest BCUT2D eigenvalue weighted by molar-refractivity contribution is 0.0975. The van der Waals surface area contributed by atoms with E-state index in [4.69, 9.17) is 0 Å². The monoisotopic (exact) mass is 244 g/mol. The number of hydrogen-bond donors (Lipinski definition) is 1. The molecule has 0 radical (unpaired) electrons. The molecule has 3 rings (SSSR count). The SMILES string of the molecule is CN(C)c1ccc(C2CCC3(CC2)CNC3)cc1. The van der Waals surface area contributed by atoms with Gasteiger partial charge in [-0.15, -0.1) is 0 Å². The van der Waals surface area contributed by atoms with Gasteiger partial charge in [0.25, 0.3) is 0 Å². The van der Waals surface area contributed by atoms with Crippen LogP contribution >= 0.6 is 0 Å². The summed E-state index contributed by atoms with van der Waals surface area (Å²) in [4.78, 5) is 2.17. The summed E-state index contributed by atoms with van der Waals surface area (Å²) < 4.78 is 0. The first-order chi connectivity index (χ1) is 8.69. The molecule has 0 unspecified atom stereocenters. The van der Waals surface area contributed by atoms with E-state index in [1.165, 1.54) is 44.5 Å². The van der Waals surface area contributed by atoms with Crippen LogP contribution in [-0.2, 0) is 0 Å². The molecule has 2 fully saturated rings. The summed E-state index contributed by atoms with van der Waals surface area (Å²) in [6, 6.07) is 9.17. The minimum atomic E-state index is 0.681. The highest BCUT2D eigenvalue weighted by molar-refractivity contribution is 5.46. The molecule has 2 aliphatic rings. The minimum Gasteiger partial charge on any atom is -0.378 e. The van der Waals surface area contributed by atoms with Gasteiger partial charge in [-0.2, -0.15) is 0 Å². The summed E-state index contributed by atoms with van der Waals surface area (Å²) in [5.74, 6) is 0.799. The molecule has 1 aliphatic carbocycles. The Bertz CT molecular complexity index is 394. The average Bonchev–Trinajstić information content (AvgIpc) is 2.37. The van der Waals surface area contributed by atoms with Gasteiger partial charge in [0, 0.05) is 32.9 Å². The Balaban J connectivity index is 1.65. The Hall–Kier alpha value is -1.02. The second-order valence-corrected chi connectivity index (χ2v) is 6.36. The van der Waals surface area contributed by atoms with Gasteiger partial charge >= 0.3 is 0 Å². The molecular formula is C16H24N2. The zero-order valence-electron chi connectivity index (χ0n) is 11.6. The largest absolute Gasteiger partial charge is 0.378 e. The van der Waals surface area contributed by atoms with Gasteiger partial charge in [-0.25, -0.2) is 0 Å². The van der Waals surface area contributed by atoms with Crippen molar-refractivity contribution >= 4 is 5.69 Å². The molecule has 18 heavy (non-hydrogen) atoms. The molecule has 1 N–H and O–H groups in total. The lowest BCUT2D eigenvalue weighted by atomic mass is 9.66. The number of nitrogens with zero attached hydrogens (tertiary/aromatic N) is 1. The van der Waals surface area contributed by atoms with Crippen molar-refractivity contribution in [3.05, 3.63) is 29.8 Å². The number of hydrogen-bond acceptors (Lipinski definition) is 2. The van der Waals surface area contributed by atoms with Crippen LogP contribution in [0.5, 0.6) is 0 Å². The van der Waals surface area contributed by atoms with Crippen molar-refractivity contribution in [2.24, 2.45) is 5.41 Å². The highest BCUT2D eigenvalue weighted by Gasteiger charge is 2.40. The van der Waals surface area contributed by atoms with E-state index in [0.29, 0.717) is 5.41 Å². The average molecular weight is 244 g/mol. The van der Waals surface area contributed by atoms with Crippen LogP contribution in [-0.4, -0.2) is 27.2 Å². The Morgan fingerprint density at radius 1 is 1.06 bits per heavy atom. The predicted molar refractivity (Wildman–Crippen MR) is 77.3 cm³/mol. The summed E-state index contributed by atoms with van der Waals surface area (Å²) in [5, 5.41) is 3.44. The van der Waals surface area contributed by atoms with E-state index in [1.807, 2.05) is 0 Å². The van der Waals surface area contributed by atoms with Crippen LogP contribution in [0.1, 0.15) is 37.2 Å². The molecule has 2 nitrogen and oxygen atoms in total. The van der Waals surface area contributed by atoms with Crippen LogP contribution in [0.15, 0.2) is 24.3 Å². The summed E-state index contributed by atoms with van der Waals surface area (Å²) in [7, 11) is 4.20. The molecule has 0 bridgehead atoms. The van der Waals surface area contributed by atoms with Gasteiger partial charge < -0.3 is 10.2 Å². The molecule has 1 aliphatic heterocycles. The highest BCUT2D eigenvalue weighted by Crippen LogP contribution is 2.45. The summed E-state index contributed by atoms with van der Waals surface area (Å²) in [5.41, 5.74) is 3.53. The van der Waals surface area contributed by atoms with Gasteiger partial charge in [0.05, 0.1) is 0 Å². The lowest BCUT2D eigenvalue weighted by Gasteiger charge is -2.47. The Kier molecular flexibility index (Phi) is 3.06. The zero-order valence-corrected chi connectivity index (χ0v) is 11.6. The summed E-state index contributed by atoms with van der Waals surface area (Å²) in [6.07, 6.45) is 5.59. The first kappa shape index (κ1) is 12.0. The second kappa shape index (κ2) is 4.58. The fourth-order valence-corrected chi connectivity index (χ4v) is 3.44. The topological polar surface area (TPSA) is 15.3 Å². The molecule has 2 heteroatoms. The quantitative estimate of drug-likeness (QED) is 0.860. The van der Waals surface area contributed by atoms with Gasteiger partial charge in [0.2, 0.25) is 0 Å². The van der Waals surface area contributed by atoms with E-state index in [9.17, 15) is 0 Å². The third kappa shape index (κ3) is 2.14. The molecule has 0 aromatic heterocycles. The van der Waals surface area contributed by atoms with Gasteiger partial charge in [0.1, 0.15) is 0 Å². The number of benzene rings is 1. The van der Waals surface area contributed by atoms with Crippen LogP contribution in [0.25, 0.3) is 0 Å². The van der Waals surface area contributed by atoms with Crippen LogP contribution in [0.4, 0.5) is 5.69 Å². The van der Waals surface area contributed by atoms with Crippen molar-refractivity contribution in [3.8, 4) is 0 Å². The first-order valence-corrected chi connectivity index (χ1v) is 7.17. The fourth-order valence-electron chi connectivity index (χ4n) is 3.44. The van der Waals surface area contributed by atoms with Gasteiger partial charge in [0.15, 0.2) is 0 Å². The molecule has 98 valence electrons. The van der Waals surface area contributed by atoms with Crippen molar-refractivity contribution in [3.63, 3.8) is 0 Å². The molecular weight excluding hydrogens is 220 g/mol. The first-order valence-electron chi connectivity index (χ1n) is 7.17. The molecule has 1 aromatic rings. The molecule has 1 saturated carbocycles. The third-order valence-corrected chi connectivity index (χ3v) is 4.93. The molecule has 0 amide bonds. The second-order valence-electron chi connectivity index (χ2n) is 6.36. The third-order valence-electron chi connectivity index (χ3n) is 4.93. The van der Waals surface area contributed by atoms with Crippen LogP contribution in [0.2, 0.25) is 0 Å². The molecule has 0 atom stereocenters. The van der Waals surface area contributed by atoms with E-state index in [2.05, 4.69) is 48.6 Å². The fraction of sp³-hybridized carbons (Fsp3) is 0.625. The maximum Gasteiger partial charge on any atom is 0.0361 e. The van der Waals surface area contributed by atoms with Crippen molar-refractivity contribution in [2.45, 2.75) is 31.6 Å². The lowest BCUT2D eigenvalue weighted by Crippen LogP contribution is -2.54. The normalized spacial score (nSPS) is 22.8.